The van der Waals surface area contributed by atoms with Gasteiger partial charge >= 0.3 is 0 Å². The predicted molar refractivity (Wildman–Crippen MR) is 98.6 cm³/mol. The Bertz CT molecular complexity index is 892. The van der Waals surface area contributed by atoms with Crippen molar-refractivity contribution < 1.29 is 5.11 Å². The van der Waals surface area contributed by atoms with Gasteiger partial charge in [0.05, 0.1) is 15.6 Å². The Morgan fingerprint density at radius 1 is 1.33 bits per heavy atom. The molecule has 0 spiro atoms. The van der Waals surface area contributed by atoms with Gasteiger partial charge in [-0.1, -0.05) is 34.5 Å². The van der Waals surface area contributed by atoms with Crippen molar-refractivity contribution in [2.75, 3.05) is 18.0 Å². The Kier molecular flexibility index (Phi) is 3.92. The first kappa shape index (κ1) is 15.8. The van der Waals surface area contributed by atoms with Gasteiger partial charge < -0.3 is 10.0 Å². The van der Waals surface area contributed by atoms with E-state index < -0.39 is 0 Å². The summed E-state index contributed by atoms with van der Waals surface area (Å²) in [6.07, 6.45) is 3.72. The van der Waals surface area contributed by atoms with Crippen LogP contribution in [0.25, 0.3) is 0 Å². The summed E-state index contributed by atoms with van der Waals surface area (Å²) < 4.78 is 0. The second-order valence-corrected chi connectivity index (χ2v) is 7.78. The van der Waals surface area contributed by atoms with E-state index in [1.807, 2.05) is 0 Å². The third-order valence-electron chi connectivity index (χ3n) is 4.59. The molecule has 0 atom stereocenters. The fraction of sp³-hybridized carbons (Fsp3) is 0.294. The fourth-order valence-corrected chi connectivity index (χ4v) is 5.16. The average Bonchev–Trinajstić information content (AvgIpc) is 2.98. The van der Waals surface area contributed by atoms with E-state index in [4.69, 9.17) is 23.2 Å². The Balaban J connectivity index is 1.77. The van der Waals surface area contributed by atoms with Gasteiger partial charge in [-0.25, -0.2) is 4.99 Å². The van der Waals surface area contributed by atoms with Crippen molar-refractivity contribution in [2.24, 2.45) is 4.99 Å². The number of nitrogens with zero attached hydrogens (tertiary/aromatic N) is 3. The Morgan fingerprint density at radius 2 is 2.08 bits per heavy atom. The third kappa shape index (κ3) is 2.46. The van der Waals surface area contributed by atoms with Crippen LogP contribution in [0.4, 0.5) is 10.0 Å². The molecular formula is C17H13Cl2N3OS. The van der Waals surface area contributed by atoms with E-state index in [0.717, 1.165) is 31.5 Å². The molecule has 2 aromatic rings. The molecule has 0 aliphatic carbocycles. The second-order valence-electron chi connectivity index (χ2n) is 5.96. The number of anilines is 1. The topological polar surface area (TPSA) is 59.6 Å². The number of hydrogen-bond donors (Lipinski definition) is 1. The minimum atomic E-state index is -0.0616. The number of aromatic hydroxyl groups is 1. The van der Waals surface area contributed by atoms with Crippen molar-refractivity contribution in [3.05, 3.63) is 38.9 Å². The van der Waals surface area contributed by atoms with Gasteiger partial charge in [0.2, 0.25) is 0 Å². The van der Waals surface area contributed by atoms with Crippen molar-refractivity contribution in [3.63, 3.8) is 0 Å². The van der Waals surface area contributed by atoms with E-state index in [-0.39, 0.29) is 10.8 Å². The summed E-state index contributed by atoms with van der Waals surface area (Å²) in [5.41, 5.74) is 2.25. The largest absolute Gasteiger partial charge is 0.506 e. The molecule has 0 radical (unpaired) electrons. The Morgan fingerprint density at radius 3 is 2.79 bits per heavy atom. The molecule has 0 unspecified atom stereocenters. The normalized spacial score (nSPS) is 16.6. The monoisotopic (exact) mass is 377 g/mol. The molecule has 4 heterocycles. The minimum absolute atomic E-state index is 0.0616. The van der Waals surface area contributed by atoms with Gasteiger partial charge in [-0.3, -0.25) is 0 Å². The first-order valence-corrected chi connectivity index (χ1v) is 9.19. The Labute approximate surface area is 153 Å². The number of fused-ring (bicyclic) bond motifs is 2. The summed E-state index contributed by atoms with van der Waals surface area (Å²) in [4.78, 5) is 6.80. The number of halogens is 2. The van der Waals surface area contributed by atoms with Gasteiger partial charge in [0.15, 0.2) is 0 Å². The number of phenolic OH excluding ortho intramolecular Hbond substituents is 1. The number of phenols is 1. The van der Waals surface area contributed by atoms with Crippen LogP contribution in [0.3, 0.4) is 0 Å². The SMILES string of the molecule is N#Cc1c(N=Cc2cc(Cl)cc(Cl)c2O)sc2c1C1CCN2CC1. The van der Waals surface area contributed by atoms with Crippen LogP contribution < -0.4 is 4.90 Å². The van der Waals surface area contributed by atoms with Crippen LogP contribution in [0, 0.1) is 11.3 Å². The average molecular weight is 378 g/mol. The Hall–Kier alpha value is -1.74. The van der Waals surface area contributed by atoms with Crippen molar-refractivity contribution in [2.45, 2.75) is 18.8 Å². The maximum Gasteiger partial charge on any atom is 0.143 e. The van der Waals surface area contributed by atoms with E-state index >= 15 is 0 Å². The van der Waals surface area contributed by atoms with Crippen LogP contribution in [0.15, 0.2) is 17.1 Å². The van der Waals surface area contributed by atoms with Crippen LogP contribution in [-0.4, -0.2) is 24.4 Å². The molecule has 7 heteroatoms. The maximum atomic E-state index is 10.0. The van der Waals surface area contributed by atoms with Crippen LogP contribution in [0.1, 0.15) is 35.4 Å². The lowest BCUT2D eigenvalue weighted by atomic mass is 9.84. The van der Waals surface area contributed by atoms with Gasteiger partial charge in [-0.15, -0.1) is 0 Å². The molecule has 5 rings (SSSR count). The first-order chi connectivity index (χ1) is 11.6. The number of aliphatic imine (C=N–C) groups is 1. The lowest BCUT2D eigenvalue weighted by Crippen LogP contribution is -2.37. The van der Waals surface area contributed by atoms with Gasteiger partial charge in [0.25, 0.3) is 0 Å². The lowest BCUT2D eigenvalue weighted by molar-refractivity contribution is 0.475. The number of rotatable bonds is 2. The molecule has 24 heavy (non-hydrogen) atoms. The number of piperidine rings is 1. The number of hydrogen-bond acceptors (Lipinski definition) is 5. The summed E-state index contributed by atoms with van der Waals surface area (Å²) in [6, 6.07) is 5.39. The molecule has 0 amide bonds. The molecule has 1 saturated heterocycles. The molecule has 1 fully saturated rings. The predicted octanol–water partition coefficient (Wildman–Crippen LogP) is 5.08. The molecule has 1 aromatic heterocycles. The van der Waals surface area contributed by atoms with Gasteiger partial charge in [0.1, 0.15) is 16.8 Å². The van der Waals surface area contributed by atoms with Crippen molar-refractivity contribution >= 4 is 50.8 Å². The van der Waals surface area contributed by atoms with Crippen LogP contribution >= 0.6 is 34.5 Å². The maximum absolute atomic E-state index is 10.0. The summed E-state index contributed by atoms with van der Waals surface area (Å²) in [7, 11) is 0. The second kappa shape index (κ2) is 5.96. The molecule has 1 aromatic carbocycles. The molecule has 4 nitrogen and oxygen atoms in total. The fourth-order valence-electron chi connectivity index (χ4n) is 3.42. The van der Waals surface area contributed by atoms with Crippen LogP contribution in [0.2, 0.25) is 10.0 Å². The third-order valence-corrected chi connectivity index (χ3v) is 6.27. The number of thiophene rings is 1. The molecule has 122 valence electrons. The van der Waals surface area contributed by atoms with Gasteiger partial charge in [0, 0.05) is 35.5 Å². The van der Waals surface area contributed by atoms with Crippen molar-refractivity contribution in [1.29, 1.82) is 5.26 Å². The zero-order chi connectivity index (χ0) is 16.8. The lowest BCUT2D eigenvalue weighted by Gasteiger charge is -2.39. The first-order valence-electron chi connectivity index (χ1n) is 7.62. The van der Waals surface area contributed by atoms with Crippen molar-refractivity contribution in [1.82, 2.24) is 0 Å². The van der Waals surface area contributed by atoms with Gasteiger partial charge in [-0.2, -0.15) is 5.26 Å². The van der Waals surface area contributed by atoms with Crippen LogP contribution in [0.5, 0.6) is 5.75 Å². The summed E-state index contributed by atoms with van der Waals surface area (Å²) in [5.74, 6) is 0.405. The summed E-state index contributed by atoms with van der Waals surface area (Å²) in [5, 5.41) is 22.1. The molecular weight excluding hydrogens is 365 g/mol. The van der Waals surface area contributed by atoms with E-state index in [0.29, 0.717) is 27.1 Å². The molecule has 0 saturated carbocycles. The molecule has 1 N–H and O–H groups in total. The van der Waals surface area contributed by atoms with Gasteiger partial charge in [-0.05, 0) is 30.9 Å². The van der Waals surface area contributed by atoms with E-state index in [1.165, 1.54) is 17.3 Å². The zero-order valence-electron chi connectivity index (χ0n) is 12.6. The smallest absolute Gasteiger partial charge is 0.143 e. The number of nitriles is 1. The zero-order valence-corrected chi connectivity index (χ0v) is 14.9. The quantitative estimate of drug-likeness (QED) is 0.742. The standard InChI is InChI=1S/C17H13Cl2N3OS/c18-11-5-10(15(23)13(19)6-11)8-21-16-12(7-20)14-9-1-3-22(4-2-9)17(14)24-16/h5-6,8-9,23H,1-4H2. The highest BCUT2D eigenvalue weighted by molar-refractivity contribution is 7.20. The molecule has 3 aliphatic rings. The minimum Gasteiger partial charge on any atom is -0.506 e. The van der Waals surface area contributed by atoms with E-state index in [2.05, 4.69) is 16.0 Å². The van der Waals surface area contributed by atoms with Crippen LogP contribution in [-0.2, 0) is 0 Å². The number of benzene rings is 1. The van der Waals surface area contributed by atoms with Crippen molar-refractivity contribution in [3.8, 4) is 11.8 Å². The molecule has 2 bridgehead atoms. The van der Waals surface area contributed by atoms with E-state index in [1.54, 1.807) is 17.4 Å². The highest BCUT2D eigenvalue weighted by atomic mass is 35.5. The van der Waals surface area contributed by atoms with E-state index in [9.17, 15) is 10.4 Å². The highest BCUT2D eigenvalue weighted by Crippen LogP contribution is 2.52. The summed E-state index contributed by atoms with van der Waals surface area (Å²) in [6.45, 7) is 2.10. The highest BCUT2D eigenvalue weighted by Gasteiger charge is 2.36. The molecule has 3 aliphatic heterocycles. The summed E-state index contributed by atoms with van der Waals surface area (Å²) >= 11 is 13.5.